The van der Waals surface area contributed by atoms with E-state index in [1.165, 1.54) is 22.7 Å². The van der Waals surface area contributed by atoms with Crippen LogP contribution in [0, 0.1) is 0 Å². The molecule has 6 aromatic rings. The average molecular weight is 577 g/mol. The molecule has 0 unspecified atom stereocenters. The van der Waals surface area contributed by atoms with Crippen molar-refractivity contribution in [3.8, 4) is 11.6 Å². The monoisotopic (exact) mass is 575 g/mol. The molecule has 36 heavy (non-hydrogen) atoms. The lowest BCUT2D eigenvalue weighted by molar-refractivity contribution is 0.468. The zero-order valence-corrected chi connectivity index (χ0v) is 21.5. The fourth-order valence-electron chi connectivity index (χ4n) is 3.71. The summed E-state index contributed by atoms with van der Waals surface area (Å²) < 4.78 is 14.1. The first kappa shape index (κ1) is 22.8. The molecule has 3 heterocycles. The van der Waals surface area contributed by atoms with Crippen LogP contribution in [-0.4, -0.2) is 15.9 Å². The Morgan fingerprint density at radius 3 is 2.67 bits per heavy atom. The SMILES string of the molecule is O=c1c2ccccc2nc(-c2cc3cc(Br)ccc3o2)n1N=Cc1ccc(Sc2ccc(Cl)cc2)o1. The van der Waals surface area contributed by atoms with E-state index in [4.69, 9.17) is 25.4 Å². The van der Waals surface area contributed by atoms with E-state index in [2.05, 4.69) is 21.0 Å². The molecule has 0 saturated carbocycles. The van der Waals surface area contributed by atoms with Crippen molar-refractivity contribution in [2.45, 2.75) is 9.99 Å². The van der Waals surface area contributed by atoms with Crippen molar-refractivity contribution in [2.75, 3.05) is 0 Å². The summed E-state index contributed by atoms with van der Waals surface area (Å²) >= 11 is 10.9. The fourth-order valence-corrected chi connectivity index (χ4v) is 4.99. The third kappa shape index (κ3) is 4.51. The van der Waals surface area contributed by atoms with Crippen molar-refractivity contribution in [1.29, 1.82) is 0 Å². The van der Waals surface area contributed by atoms with Gasteiger partial charge in [-0.05, 0) is 72.8 Å². The number of nitrogens with zero attached hydrogens (tertiary/aromatic N) is 3. The van der Waals surface area contributed by atoms with Gasteiger partial charge in [-0.15, -0.1) is 0 Å². The number of aromatic nitrogens is 2. The number of hydrogen-bond donors (Lipinski definition) is 0. The molecule has 6 rings (SSSR count). The van der Waals surface area contributed by atoms with Gasteiger partial charge in [-0.1, -0.05) is 51.4 Å². The van der Waals surface area contributed by atoms with Crippen LogP contribution in [0.25, 0.3) is 33.5 Å². The molecule has 0 amide bonds. The van der Waals surface area contributed by atoms with Crippen LogP contribution < -0.4 is 5.56 Å². The van der Waals surface area contributed by atoms with E-state index in [9.17, 15) is 4.79 Å². The summed E-state index contributed by atoms with van der Waals surface area (Å²) in [7, 11) is 0. The van der Waals surface area contributed by atoms with Gasteiger partial charge in [-0.3, -0.25) is 4.79 Å². The van der Waals surface area contributed by atoms with Crippen molar-refractivity contribution < 1.29 is 8.83 Å². The number of rotatable bonds is 5. The number of benzene rings is 3. The molecule has 176 valence electrons. The first-order valence-electron chi connectivity index (χ1n) is 10.8. The maximum absolute atomic E-state index is 13.4. The number of halogens is 2. The largest absolute Gasteiger partial charge is 0.453 e. The van der Waals surface area contributed by atoms with Crippen LogP contribution in [0.1, 0.15) is 5.76 Å². The smallest absolute Gasteiger partial charge is 0.282 e. The highest BCUT2D eigenvalue weighted by atomic mass is 79.9. The van der Waals surface area contributed by atoms with Gasteiger partial charge in [0.05, 0.1) is 17.1 Å². The minimum Gasteiger partial charge on any atom is -0.453 e. The number of fused-ring (bicyclic) bond motifs is 2. The van der Waals surface area contributed by atoms with Gasteiger partial charge in [0.1, 0.15) is 11.3 Å². The van der Waals surface area contributed by atoms with Gasteiger partial charge >= 0.3 is 0 Å². The van der Waals surface area contributed by atoms with Crippen LogP contribution in [0.4, 0.5) is 0 Å². The van der Waals surface area contributed by atoms with Gasteiger partial charge < -0.3 is 8.83 Å². The maximum Gasteiger partial charge on any atom is 0.282 e. The zero-order valence-electron chi connectivity index (χ0n) is 18.4. The lowest BCUT2D eigenvalue weighted by Gasteiger charge is -2.06. The van der Waals surface area contributed by atoms with E-state index in [0.717, 1.165) is 14.8 Å². The van der Waals surface area contributed by atoms with Crippen LogP contribution in [-0.2, 0) is 0 Å². The highest BCUT2D eigenvalue weighted by Crippen LogP contribution is 2.31. The fraction of sp³-hybridized carbons (Fsp3) is 0. The van der Waals surface area contributed by atoms with Gasteiger partial charge in [-0.25, -0.2) is 4.98 Å². The van der Waals surface area contributed by atoms with Gasteiger partial charge in [0.15, 0.2) is 10.9 Å². The second-order valence-corrected chi connectivity index (χ2v) is 10.2. The van der Waals surface area contributed by atoms with Crippen molar-refractivity contribution >= 4 is 67.4 Å². The second-order valence-electron chi connectivity index (χ2n) is 7.82. The molecule has 0 aliphatic heterocycles. The molecule has 9 heteroatoms. The molecule has 0 bridgehead atoms. The number of hydrogen-bond acceptors (Lipinski definition) is 6. The topological polar surface area (TPSA) is 73.5 Å². The first-order chi connectivity index (χ1) is 17.5. The summed E-state index contributed by atoms with van der Waals surface area (Å²) in [5.41, 5.74) is 0.932. The number of furan rings is 2. The van der Waals surface area contributed by atoms with Crippen LogP contribution in [0.2, 0.25) is 5.02 Å². The molecule has 0 N–H and O–H groups in total. The minimum absolute atomic E-state index is 0.296. The zero-order chi connectivity index (χ0) is 24.6. The lowest BCUT2D eigenvalue weighted by Crippen LogP contribution is -2.20. The molecule has 0 fully saturated rings. The van der Waals surface area contributed by atoms with E-state index in [0.29, 0.717) is 43.9 Å². The maximum atomic E-state index is 13.4. The Morgan fingerprint density at radius 2 is 1.81 bits per heavy atom. The molecular formula is C27H15BrClN3O3S. The van der Waals surface area contributed by atoms with Crippen LogP contribution in [0.5, 0.6) is 0 Å². The summed E-state index contributed by atoms with van der Waals surface area (Å²) in [4.78, 5) is 19.1. The van der Waals surface area contributed by atoms with Crippen molar-refractivity contribution in [2.24, 2.45) is 5.10 Å². The summed E-state index contributed by atoms with van der Waals surface area (Å²) in [6.07, 6.45) is 1.49. The van der Waals surface area contributed by atoms with Crippen LogP contribution in [0.3, 0.4) is 0 Å². The van der Waals surface area contributed by atoms with E-state index in [1.54, 1.807) is 24.3 Å². The summed E-state index contributed by atoms with van der Waals surface area (Å²) in [6.45, 7) is 0. The van der Waals surface area contributed by atoms with Crippen molar-refractivity contribution in [3.63, 3.8) is 0 Å². The van der Waals surface area contributed by atoms with E-state index >= 15 is 0 Å². The van der Waals surface area contributed by atoms with E-state index in [1.807, 2.05) is 60.7 Å². The van der Waals surface area contributed by atoms with Crippen molar-refractivity contribution in [1.82, 2.24) is 9.66 Å². The predicted molar refractivity (Wildman–Crippen MR) is 146 cm³/mol. The van der Waals surface area contributed by atoms with Gasteiger partial charge in [0.2, 0.25) is 5.82 Å². The molecular weight excluding hydrogens is 562 g/mol. The van der Waals surface area contributed by atoms with E-state index in [-0.39, 0.29) is 5.56 Å². The Hall–Kier alpha value is -3.59. The average Bonchev–Trinajstić information content (AvgIpc) is 3.51. The third-order valence-corrected chi connectivity index (χ3v) is 7.06. The Balaban J connectivity index is 1.40. The van der Waals surface area contributed by atoms with Gasteiger partial charge in [0, 0.05) is 19.8 Å². The van der Waals surface area contributed by atoms with E-state index < -0.39 is 0 Å². The molecule has 3 aromatic heterocycles. The number of para-hydroxylation sites is 1. The predicted octanol–water partition coefficient (Wildman–Crippen LogP) is 7.85. The third-order valence-electron chi connectivity index (χ3n) is 5.39. The molecule has 6 nitrogen and oxygen atoms in total. The summed E-state index contributed by atoms with van der Waals surface area (Å²) in [5, 5.41) is 7.15. The molecule has 0 atom stereocenters. The standard InChI is InChI=1S/C27H15BrClN3O3S/c28-17-5-11-23-16(13-17)14-24(35-23)26-31-22-4-2-1-3-21(22)27(33)32(26)30-15-19-8-12-25(34-19)36-20-9-6-18(29)7-10-20/h1-15H. The Labute approximate surface area is 222 Å². The van der Waals surface area contributed by atoms with Crippen molar-refractivity contribution in [3.05, 3.63) is 111 Å². The minimum atomic E-state index is -0.309. The quantitative estimate of drug-likeness (QED) is 0.195. The molecule has 0 spiro atoms. The Bertz CT molecular complexity index is 1820. The summed E-state index contributed by atoms with van der Waals surface area (Å²) in [5.74, 6) is 1.22. The molecule has 0 aliphatic rings. The van der Waals surface area contributed by atoms with Gasteiger partial charge in [-0.2, -0.15) is 9.78 Å². The molecule has 0 aliphatic carbocycles. The second kappa shape index (κ2) is 9.46. The Kier molecular flexibility index (Phi) is 6.00. The molecule has 0 saturated heterocycles. The summed E-state index contributed by atoms with van der Waals surface area (Å²) in [6, 6.07) is 25.8. The van der Waals surface area contributed by atoms with Crippen LogP contribution in [0.15, 0.2) is 118 Å². The first-order valence-corrected chi connectivity index (χ1v) is 12.8. The highest BCUT2D eigenvalue weighted by molar-refractivity contribution is 9.10. The normalized spacial score (nSPS) is 11.7. The Morgan fingerprint density at radius 1 is 0.972 bits per heavy atom. The molecule has 0 radical (unpaired) electrons. The van der Waals surface area contributed by atoms with Crippen LogP contribution >= 0.6 is 39.3 Å². The molecule has 3 aromatic carbocycles. The lowest BCUT2D eigenvalue weighted by atomic mass is 10.2. The highest BCUT2D eigenvalue weighted by Gasteiger charge is 2.16. The van der Waals surface area contributed by atoms with Gasteiger partial charge in [0.25, 0.3) is 5.56 Å².